The zero-order valence-corrected chi connectivity index (χ0v) is 17.8. The number of pyridine rings is 2. The van der Waals surface area contributed by atoms with Crippen LogP contribution in [0.25, 0.3) is 0 Å². The van der Waals surface area contributed by atoms with Gasteiger partial charge in [-0.15, -0.1) is 0 Å². The monoisotopic (exact) mass is 407 g/mol. The van der Waals surface area contributed by atoms with E-state index < -0.39 is 0 Å². The maximum atomic E-state index is 13.1. The summed E-state index contributed by atoms with van der Waals surface area (Å²) in [4.78, 5) is 36.0. The third-order valence-electron chi connectivity index (χ3n) is 5.47. The summed E-state index contributed by atoms with van der Waals surface area (Å²) in [5.41, 5.74) is 2.14. The van der Waals surface area contributed by atoms with Crippen LogP contribution in [0.5, 0.6) is 0 Å². The van der Waals surface area contributed by atoms with Crippen molar-refractivity contribution in [2.75, 3.05) is 23.3 Å². The van der Waals surface area contributed by atoms with Crippen molar-refractivity contribution in [3.05, 3.63) is 47.9 Å². The molecule has 7 nitrogen and oxygen atoms in total. The van der Waals surface area contributed by atoms with Gasteiger partial charge in [0.05, 0.1) is 23.8 Å². The standard InChI is InChI=1S/C23H29N5O2/c1-23(2,3)10-18(16-5-4-8-24-11-16)27-22(30)17-9-19-21(25-12-17)26-13-20(29)28(19)14-15-6-7-15/h4-5,8-9,11-12,15,18H,6-7,10,13-14H2,1-3H3,(H,25,26)(H,27,30). The van der Waals surface area contributed by atoms with Crippen LogP contribution in [-0.2, 0) is 4.79 Å². The van der Waals surface area contributed by atoms with Crippen molar-refractivity contribution in [1.82, 2.24) is 15.3 Å². The van der Waals surface area contributed by atoms with E-state index in [1.807, 2.05) is 12.1 Å². The minimum Gasteiger partial charge on any atom is -0.359 e. The summed E-state index contributed by atoms with van der Waals surface area (Å²) in [5.74, 6) is 1.03. The maximum Gasteiger partial charge on any atom is 0.253 e. The first kappa shape index (κ1) is 20.3. The molecule has 2 N–H and O–H groups in total. The molecule has 0 spiro atoms. The van der Waals surface area contributed by atoms with Gasteiger partial charge < -0.3 is 15.5 Å². The van der Waals surface area contributed by atoms with Gasteiger partial charge in [0.25, 0.3) is 5.91 Å². The summed E-state index contributed by atoms with van der Waals surface area (Å²) in [5, 5.41) is 6.21. The van der Waals surface area contributed by atoms with Gasteiger partial charge in [0.2, 0.25) is 5.91 Å². The lowest BCUT2D eigenvalue weighted by Crippen LogP contribution is -2.41. The average molecular weight is 408 g/mol. The Balaban J connectivity index is 1.57. The summed E-state index contributed by atoms with van der Waals surface area (Å²) in [7, 11) is 0. The number of nitrogens with zero attached hydrogens (tertiary/aromatic N) is 3. The van der Waals surface area contributed by atoms with E-state index >= 15 is 0 Å². The molecule has 2 aromatic rings. The summed E-state index contributed by atoms with van der Waals surface area (Å²) >= 11 is 0. The molecular weight excluding hydrogens is 378 g/mol. The van der Waals surface area contributed by atoms with Crippen molar-refractivity contribution < 1.29 is 9.59 Å². The number of nitrogens with one attached hydrogen (secondary N) is 2. The van der Waals surface area contributed by atoms with Gasteiger partial charge in [0, 0.05) is 25.1 Å². The van der Waals surface area contributed by atoms with Crippen LogP contribution in [0, 0.1) is 11.3 Å². The van der Waals surface area contributed by atoms with Crippen LogP contribution in [0.1, 0.15) is 62.0 Å². The molecular formula is C23H29N5O2. The van der Waals surface area contributed by atoms with Crippen molar-refractivity contribution in [3.63, 3.8) is 0 Å². The number of hydrogen-bond acceptors (Lipinski definition) is 5. The van der Waals surface area contributed by atoms with Crippen LogP contribution < -0.4 is 15.5 Å². The van der Waals surface area contributed by atoms with E-state index in [1.54, 1.807) is 29.6 Å². The lowest BCUT2D eigenvalue weighted by atomic mass is 9.85. The molecule has 1 saturated carbocycles. The highest BCUT2D eigenvalue weighted by Gasteiger charge is 2.32. The number of amides is 2. The molecule has 158 valence electrons. The Kier molecular flexibility index (Phi) is 5.45. The molecule has 4 rings (SSSR count). The quantitative estimate of drug-likeness (QED) is 0.765. The van der Waals surface area contributed by atoms with Crippen LogP contribution in [-0.4, -0.2) is 34.9 Å². The number of carbonyl (C=O) groups is 2. The van der Waals surface area contributed by atoms with Gasteiger partial charge in [-0.25, -0.2) is 4.98 Å². The van der Waals surface area contributed by atoms with Crippen molar-refractivity contribution >= 4 is 23.3 Å². The number of anilines is 2. The van der Waals surface area contributed by atoms with Gasteiger partial charge >= 0.3 is 0 Å². The topological polar surface area (TPSA) is 87.2 Å². The highest BCUT2D eigenvalue weighted by atomic mass is 16.2. The highest BCUT2D eigenvalue weighted by Crippen LogP contribution is 2.35. The van der Waals surface area contributed by atoms with Gasteiger partial charge in [0.15, 0.2) is 0 Å². The fraction of sp³-hybridized carbons (Fsp3) is 0.478. The van der Waals surface area contributed by atoms with E-state index in [0.717, 1.165) is 24.8 Å². The number of rotatable bonds is 6. The number of carbonyl (C=O) groups excluding carboxylic acids is 2. The molecule has 30 heavy (non-hydrogen) atoms. The van der Waals surface area contributed by atoms with Gasteiger partial charge in [-0.2, -0.15) is 0 Å². The Labute approximate surface area is 177 Å². The Bertz CT molecular complexity index is 934. The van der Waals surface area contributed by atoms with Crippen LogP contribution in [0.2, 0.25) is 0 Å². The average Bonchev–Trinajstić information content (AvgIpc) is 3.53. The van der Waals surface area contributed by atoms with Crippen LogP contribution in [0.3, 0.4) is 0 Å². The second-order valence-corrected chi connectivity index (χ2v) is 9.47. The van der Waals surface area contributed by atoms with E-state index in [2.05, 4.69) is 41.4 Å². The van der Waals surface area contributed by atoms with Crippen LogP contribution >= 0.6 is 0 Å². The predicted octanol–water partition coefficient (Wildman–Crippen LogP) is 3.55. The molecule has 2 amide bonds. The molecule has 0 bridgehead atoms. The van der Waals surface area contributed by atoms with E-state index in [0.29, 0.717) is 29.5 Å². The Morgan fingerprint density at radius 1 is 1.33 bits per heavy atom. The lowest BCUT2D eigenvalue weighted by Gasteiger charge is -2.30. The normalized spacial score (nSPS) is 17.2. The van der Waals surface area contributed by atoms with E-state index in [4.69, 9.17) is 0 Å². The second-order valence-electron chi connectivity index (χ2n) is 9.47. The number of hydrogen-bond donors (Lipinski definition) is 2. The van der Waals surface area contributed by atoms with Gasteiger partial charge in [0.1, 0.15) is 5.82 Å². The highest BCUT2D eigenvalue weighted by molar-refractivity contribution is 6.04. The SMILES string of the molecule is CC(C)(C)CC(NC(=O)c1cnc2c(c1)N(CC1CC1)C(=O)CN2)c1cccnc1. The van der Waals surface area contributed by atoms with Gasteiger partial charge in [-0.3, -0.25) is 14.6 Å². The summed E-state index contributed by atoms with van der Waals surface area (Å²) in [6.45, 7) is 7.39. The largest absolute Gasteiger partial charge is 0.359 e. The molecule has 1 aliphatic carbocycles. The number of fused-ring (bicyclic) bond motifs is 1. The minimum atomic E-state index is -0.201. The molecule has 0 aromatic carbocycles. The lowest BCUT2D eigenvalue weighted by molar-refractivity contribution is -0.117. The molecule has 0 saturated heterocycles. The Morgan fingerprint density at radius 2 is 2.13 bits per heavy atom. The predicted molar refractivity (Wildman–Crippen MR) is 116 cm³/mol. The van der Waals surface area contributed by atoms with E-state index in [-0.39, 0.29) is 29.8 Å². The molecule has 7 heteroatoms. The van der Waals surface area contributed by atoms with Crippen molar-refractivity contribution in [2.24, 2.45) is 11.3 Å². The van der Waals surface area contributed by atoms with E-state index in [1.165, 1.54) is 0 Å². The Hall–Kier alpha value is -2.96. The molecule has 1 unspecified atom stereocenters. The van der Waals surface area contributed by atoms with Crippen molar-refractivity contribution in [3.8, 4) is 0 Å². The molecule has 1 aliphatic heterocycles. The molecule has 3 heterocycles. The fourth-order valence-corrected chi connectivity index (χ4v) is 3.76. The molecule has 2 aliphatic rings. The first-order valence-corrected chi connectivity index (χ1v) is 10.6. The fourth-order valence-electron chi connectivity index (χ4n) is 3.76. The summed E-state index contributed by atoms with van der Waals surface area (Å²) in [6.07, 6.45) is 8.17. The Morgan fingerprint density at radius 3 is 2.80 bits per heavy atom. The summed E-state index contributed by atoms with van der Waals surface area (Å²) < 4.78 is 0. The maximum absolute atomic E-state index is 13.1. The number of aromatic nitrogens is 2. The minimum absolute atomic E-state index is 0.0229. The van der Waals surface area contributed by atoms with Gasteiger partial charge in [-0.1, -0.05) is 26.8 Å². The van der Waals surface area contributed by atoms with Gasteiger partial charge in [-0.05, 0) is 48.3 Å². The molecule has 2 aromatic heterocycles. The first-order chi connectivity index (χ1) is 14.3. The van der Waals surface area contributed by atoms with Crippen LogP contribution in [0.4, 0.5) is 11.5 Å². The first-order valence-electron chi connectivity index (χ1n) is 10.6. The zero-order chi connectivity index (χ0) is 21.3. The third-order valence-corrected chi connectivity index (χ3v) is 5.47. The smallest absolute Gasteiger partial charge is 0.253 e. The zero-order valence-electron chi connectivity index (χ0n) is 17.8. The molecule has 0 radical (unpaired) electrons. The summed E-state index contributed by atoms with van der Waals surface area (Å²) in [6, 6.07) is 5.48. The second kappa shape index (κ2) is 8.05. The van der Waals surface area contributed by atoms with Crippen molar-refractivity contribution in [1.29, 1.82) is 0 Å². The molecule has 1 fully saturated rings. The van der Waals surface area contributed by atoms with E-state index in [9.17, 15) is 9.59 Å². The van der Waals surface area contributed by atoms with Crippen LogP contribution in [0.15, 0.2) is 36.8 Å². The molecule has 1 atom stereocenters. The third kappa shape index (κ3) is 4.78. The van der Waals surface area contributed by atoms with Crippen molar-refractivity contribution in [2.45, 2.75) is 46.1 Å².